The zero-order chi connectivity index (χ0) is 15.8. The van der Waals surface area contributed by atoms with Gasteiger partial charge >= 0.3 is 11.9 Å². The Morgan fingerprint density at radius 2 is 1.67 bits per heavy atom. The minimum atomic E-state index is -1.53. The van der Waals surface area contributed by atoms with E-state index in [1.165, 1.54) is 6.92 Å². The van der Waals surface area contributed by atoms with Crippen LogP contribution in [-0.2, 0) is 14.3 Å². The first kappa shape index (κ1) is 16.1. The molecule has 4 heteroatoms. The molecule has 1 fully saturated rings. The molecule has 0 aromatic carbocycles. The second-order valence-electron chi connectivity index (χ2n) is 7.59. The van der Waals surface area contributed by atoms with Crippen molar-refractivity contribution in [3.63, 3.8) is 0 Å². The standard InChI is InChI=1S/C17H26O4/c1-16(2,3)17(4,14(18)19)15(20)21-13-10-7-11-5-8-12(13)9-6-11/h5,8,11-13H,6-7,9-10H2,1-4H3,(H,18,19). The van der Waals surface area contributed by atoms with E-state index in [-0.39, 0.29) is 12.0 Å². The van der Waals surface area contributed by atoms with Crippen LogP contribution in [0.3, 0.4) is 0 Å². The van der Waals surface area contributed by atoms with Gasteiger partial charge in [0.05, 0.1) is 0 Å². The van der Waals surface area contributed by atoms with E-state index in [1.807, 2.05) is 0 Å². The number of carbonyl (C=O) groups excluding carboxylic acids is 1. The van der Waals surface area contributed by atoms with Gasteiger partial charge in [-0.1, -0.05) is 32.9 Å². The van der Waals surface area contributed by atoms with E-state index in [9.17, 15) is 14.7 Å². The third-order valence-electron chi connectivity index (χ3n) is 5.40. The lowest BCUT2D eigenvalue weighted by Gasteiger charge is -2.37. The molecule has 0 radical (unpaired) electrons. The Kier molecular flexibility index (Phi) is 4.18. The predicted molar refractivity (Wildman–Crippen MR) is 79.7 cm³/mol. The molecule has 1 saturated carbocycles. The number of rotatable bonds is 3. The molecule has 2 bridgehead atoms. The molecule has 0 aromatic heterocycles. The van der Waals surface area contributed by atoms with Gasteiger partial charge in [-0.15, -0.1) is 0 Å². The summed E-state index contributed by atoms with van der Waals surface area (Å²) in [6.07, 6.45) is 8.21. The summed E-state index contributed by atoms with van der Waals surface area (Å²) in [5.41, 5.74) is -2.23. The zero-order valence-corrected chi connectivity index (χ0v) is 13.4. The van der Waals surface area contributed by atoms with Crippen LogP contribution in [0.15, 0.2) is 12.2 Å². The minimum absolute atomic E-state index is 0.178. The van der Waals surface area contributed by atoms with Crippen LogP contribution in [0.2, 0.25) is 0 Å². The van der Waals surface area contributed by atoms with E-state index < -0.39 is 22.8 Å². The van der Waals surface area contributed by atoms with E-state index in [2.05, 4.69) is 12.2 Å². The molecular weight excluding hydrogens is 268 g/mol. The lowest BCUT2D eigenvalue weighted by Crippen LogP contribution is -2.49. The summed E-state index contributed by atoms with van der Waals surface area (Å²) in [6, 6.07) is 0. The van der Waals surface area contributed by atoms with Crippen LogP contribution in [-0.4, -0.2) is 23.1 Å². The molecule has 0 saturated heterocycles. The Balaban J connectivity index is 2.16. The Morgan fingerprint density at radius 3 is 2.14 bits per heavy atom. The van der Waals surface area contributed by atoms with Gasteiger partial charge in [-0.25, -0.2) is 0 Å². The monoisotopic (exact) mass is 294 g/mol. The summed E-state index contributed by atoms with van der Waals surface area (Å²) in [5, 5.41) is 9.54. The molecule has 3 rings (SSSR count). The topological polar surface area (TPSA) is 63.6 Å². The number of aliphatic carboxylic acids is 1. The van der Waals surface area contributed by atoms with E-state index in [0.717, 1.165) is 25.7 Å². The number of esters is 1. The molecule has 0 aliphatic heterocycles. The highest BCUT2D eigenvalue weighted by molar-refractivity contribution is 5.99. The van der Waals surface area contributed by atoms with Crippen molar-refractivity contribution < 1.29 is 19.4 Å². The number of fused-ring (bicyclic) bond motifs is 3. The number of hydrogen-bond donors (Lipinski definition) is 1. The van der Waals surface area contributed by atoms with Crippen molar-refractivity contribution in [1.29, 1.82) is 0 Å². The van der Waals surface area contributed by atoms with Crippen LogP contribution in [0.25, 0.3) is 0 Å². The fraction of sp³-hybridized carbons (Fsp3) is 0.765. The van der Waals surface area contributed by atoms with E-state index in [1.54, 1.807) is 20.8 Å². The van der Waals surface area contributed by atoms with Gasteiger partial charge in [-0.05, 0) is 43.9 Å². The van der Waals surface area contributed by atoms with Crippen molar-refractivity contribution >= 4 is 11.9 Å². The molecule has 4 unspecified atom stereocenters. The van der Waals surface area contributed by atoms with Crippen molar-refractivity contribution in [2.45, 2.75) is 59.5 Å². The predicted octanol–water partition coefficient (Wildman–Crippen LogP) is 3.41. The SMILES string of the molecule is CC(C)(C)C(C)(C(=O)O)C(=O)OC1CCC2C=CC1CC2. The molecule has 0 spiro atoms. The summed E-state index contributed by atoms with van der Waals surface area (Å²) in [4.78, 5) is 24.2. The van der Waals surface area contributed by atoms with Gasteiger partial charge in [0.2, 0.25) is 0 Å². The maximum absolute atomic E-state index is 12.6. The third kappa shape index (κ3) is 2.85. The number of carbonyl (C=O) groups is 2. The first-order chi connectivity index (χ1) is 9.66. The Morgan fingerprint density at radius 1 is 1.05 bits per heavy atom. The maximum Gasteiger partial charge on any atom is 0.324 e. The van der Waals surface area contributed by atoms with Crippen molar-refractivity contribution in [2.75, 3.05) is 0 Å². The Hall–Kier alpha value is -1.32. The largest absolute Gasteiger partial charge is 0.480 e. The molecule has 0 heterocycles. The zero-order valence-electron chi connectivity index (χ0n) is 13.4. The second-order valence-corrected chi connectivity index (χ2v) is 7.59. The van der Waals surface area contributed by atoms with Crippen molar-refractivity contribution in [1.82, 2.24) is 0 Å². The van der Waals surface area contributed by atoms with Gasteiger partial charge < -0.3 is 9.84 Å². The van der Waals surface area contributed by atoms with Gasteiger partial charge in [0.25, 0.3) is 0 Å². The Labute approximate surface area is 126 Å². The molecule has 3 aliphatic carbocycles. The summed E-state index contributed by atoms with van der Waals surface area (Å²) < 4.78 is 5.68. The minimum Gasteiger partial charge on any atom is -0.480 e. The van der Waals surface area contributed by atoms with Gasteiger partial charge in [0.1, 0.15) is 6.10 Å². The summed E-state index contributed by atoms with van der Waals surface area (Å²) >= 11 is 0. The van der Waals surface area contributed by atoms with Crippen molar-refractivity contribution in [3.05, 3.63) is 12.2 Å². The number of carboxylic acid groups (broad SMARTS) is 1. The highest BCUT2D eigenvalue weighted by Crippen LogP contribution is 2.42. The van der Waals surface area contributed by atoms with Crippen LogP contribution in [0, 0.1) is 22.7 Å². The summed E-state index contributed by atoms with van der Waals surface area (Å²) in [7, 11) is 0. The van der Waals surface area contributed by atoms with Gasteiger partial charge in [0, 0.05) is 5.92 Å². The van der Waals surface area contributed by atoms with Crippen LogP contribution in [0.1, 0.15) is 53.4 Å². The molecule has 3 aliphatic rings. The third-order valence-corrected chi connectivity index (χ3v) is 5.40. The molecule has 0 amide bonds. The van der Waals surface area contributed by atoms with Crippen LogP contribution in [0.5, 0.6) is 0 Å². The Bertz CT molecular complexity index is 460. The molecule has 4 nitrogen and oxygen atoms in total. The fourth-order valence-electron chi connectivity index (χ4n) is 3.16. The molecule has 118 valence electrons. The number of carboxylic acids is 1. The highest BCUT2D eigenvalue weighted by atomic mass is 16.5. The maximum atomic E-state index is 12.6. The lowest BCUT2D eigenvalue weighted by molar-refractivity contribution is -0.181. The molecule has 21 heavy (non-hydrogen) atoms. The first-order valence-electron chi connectivity index (χ1n) is 7.79. The van der Waals surface area contributed by atoms with Crippen molar-refractivity contribution in [2.24, 2.45) is 22.7 Å². The number of hydrogen-bond acceptors (Lipinski definition) is 3. The van der Waals surface area contributed by atoms with Gasteiger partial charge in [0.15, 0.2) is 5.41 Å². The average Bonchev–Trinajstić information content (AvgIpc) is 2.70. The molecule has 1 N–H and O–H groups in total. The van der Waals surface area contributed by atoms with Crippen LogP contribution >= 0.6 is 0 Å². The first-order valence-corrected chi connectivity index (χ1v) is 7.79. The lowest BCUT2D eigenvalue weighted by atomic mass is 9.68. The van der Waals surface area contributed by atoms with Crippen molar-refractivity contribution in [3.8, 4) is 0 Å². The molecule has 4 atom stereocenters. The van der Waals surface area contributed by atoms with E-state index in [0.29, 0.717) is 5.92 Å². The van der Waals surface area contributed by atoms with Gasteiger partial charge in [-0.3, -0.25) is 9.59 Å². The second kappa shape index (κ2) is 5.47. The summed E-state index contributed by atoms with van der Waals surface area (Å²) in [6.45, 7) is 6.77. The van der Waals surface area contributed by atoms with E-state index >= 15 is 0 Å². The number of ether oxygens (including phenoxy) is 1. The van der Waals surface area contributed by atoms with Gasteiger partial charge in [-0.2, -0.15) is 0 Å². The fourth-order valence-corrected chi connectivity index (χ4v) is 3.16. The molecule has 0 aromatic rings. The highest BCUT2D eigenvalue weighted by Gasteiger charge is 2.53. The van der Waals surface area contributed by atoms with Crippen LogP contribution in [0.4, 0.5) is 0 Å². The quantitative estimate of drug-likeness (QED) is 0.492. The smallest absolute Gasteiger partial charge is 0.324 e. The average molecular weight is 294 g/mol. The van der Waals surface area contributed by atoms with Crippen LogP contribution < -0.4 is 0 Å². The number of allylic oxidation sites excluding steroid dienone is 1. The molecular formula is C17H26O4. The summed E-state index contributed by atoms with van der Waals surface area (Å²) in [5.74, 6) is -0.885. The van der Waals surface area contributed by atoms with E-state index in [4.69, 9.17) is 4.74 Å². The normalized spacial score (nSPS) is 31.3.